The lowest BCUT2D eigenvalue weighted by Gasteiger charge is -1.95. The Morgan fingerprint density at radius 1 is 1.57 bits per heavy atom. The Bertz CT molecular complexity index is 371. The molecule has 1 aromatic rings. The molecule has 0 amide bonds. The molecule has 0 aliphatic heterocycles. The fraction of sp³-hybridized carbons (Fsp3) is 0.455. The summed E-state index contributed by atoms with van der Waals surface area (Å²) < 4.78 is 1.64. The third-order valence-electron chi connectivity index (χ3n) is 1.96. The molecule has 1 heterocycles. The third-order valence-corrected chi connectivity index (χ3v) is 1.96. The molecule has 0 aliphatic carbocycles. The van der Waals surface area contributed by atoms with E-state index in [1.54, 1.807) is 17.8 Å². The second-order valence-electron chi connectivity index (χ2n) is 3.58. The fourth-order valence-corrected chi connectivity index (χ4v) is 1.27. The zero-order chi connectivity index (χ0) is 10.7. The van der Waals surface area contributed by atoms with Gasteiger partial charge in [-0.15, -0.1) is 0 Å². The Morgan fingerprint density at radius 2 is 2.21 bits per heavy atom. The lowest BCUT2D eigenvalue weighted by atomic mass is 10.2. The molecule has 0 aromatic carbocycles. The average molecular weight is 192 g/mol. The highest BCUT2D eigenvalue weighted by atomic mass is 16.1. The minimum atomic E-state index is 0.0275. The van der Waals surface area contributed by atoms with Crippen LogP contribution in [0.5, 0.6) is 0 Å². The van der Waals surface area contributed by atoms with Gasteiger partial charge in [0.2, 0.25) is 5.78 Å². The molecule has 76 valence electrons. The minimum Gasteiger partial charge on any atom is -0.288 e. The van der Waals surface area contributed by atoms with Crippen LogP contribution >= 0.6 is 0 Å². The van der Waals surface area contributed by atoms with Crippen molar-refractivity contribution in [1.82, 2.24) is 9.78 Å². The number of aromatic nitrogens is 2. The van der Waals surface area contributed by atoms with Crippen molar-refractivity contribution in [2.75, 3.05) is 0 Å². The molecule has 14 heavy (non-hydrogen) atoms. The Hall–Kier alpha value is -1.38. The molecule has 0 saturated carbocycles. The van der Waals surface area contributed by atoms with Crippen LogP contribution in [-0.4, -0.2) is 15.6 Å². The van der Waals surface area contributed by atoms with Crippen LogP contribution < -0.4 is 0 Å². The van der Waals surface area contributed by atoms with E-state index in [0.717, 1.165) is 17.7 Å². The Morgan fingerprint density at radius 3 is 2.64 bits per heavy atom. The second-order valence-corrected chi connectivity index (χ2v) is 3.58. The van der Waals surface area contributed by atoms with E-state index in [2.05, 4.69) is 5.10 Å². The molecule has 3 heteroatoms. The second kappa shape index (κ2) is 4.22. The first kappa shape index (κ1) is 10.7. The molecular formula is C11H16N2O. The van der Waals surface area contributed by atoms with E-state index in [9.17, 15) is 4.79 Å². The number of ketones is 1. The largest absolute Gasteiger partial charge is 0.288 e. The minimum absolute atomic E-state index is 0.0275. The quantitative estimate of drug-likeness (QED) is 0.543. The summed E-state index contributed by atoms with van der Waals surface area (Å²) in [5, 5.41) is 4.22. The van der Waals surface area contributed by atoms with Gasteiger partial charge >= 0.3 is 0 Å². The molecule has 0 unspecified atom stereocenters. The van der Waals surface area contributed by atoms with Crippen molar-refractivity contribution in [2.45, 2.75) is 27.2 Å². The van der Waals surface area contributed by atoms with E-state index in [1.165, 1.54) is 0 Å². The molecule has 0 atom stereocenters. The maximum atomic E-state index is 11.7. The summed E-state index contributed by atoms with van der Waals surface area (Å²) in [4.78, 5) is 11.7. The lowest BCUT2D eigenvalue weighted by molar-refractivity contribution is 0.103. The van der Waals surface area contributed by atoms with Gasteiger partial charge in [-0.3, -0.25) is 9.48 Å². The van der Waals surface area contributed by atoms with Gasteiger partial charge in [0.15, 0.2) is 0 Å². The number of aryl methyl sites for hydroxylation is 2. The Balaban J connectivity index is 3.01. The lowest BCUT2D eigenvalue weighted by Crippen LogP contribution is -2.04. The van der Waals surface area contributed by atoms with Crippen molar-refractivity contribution in [3.05, 3.63) is 29.1 Å². The van der Waals surface area contributed by atoms with Crippen LogP contribution in [0, 0.1) is 0 Å². The van der Waals surface area contributed by atoms with E-state index >= 15 is 0 Å². The topological polar surface area (TPSA) is 34.9 Å². The average Bonchev–Trinajstić information content (AvgIpc) is 2.45. The van der Waals surface area contributed by atoms with Crippen LogP contribution in [-0.2, 0) is 13.5 Å². The monoisotopic (exact) mass is 192 g/mol. The number of hydrogen-bond acceptors (Lipinski definition) is 2. The van der Waals surface area contributed by atoms with Crippen molar-refractivity contribution < 1.29 is 4.79 Å². The molecule has 3 nitrogen and oxygen atoms in total. The van der Waals surface area contributed by atoms with Gasteiger partial charge in [0.25, 0.3) is 0 Å². The number of rotatable bonds is 3. The zero-order valence-electron chi connectivity index (χ0n) is 9.16. The zero-order valence-corrected chi connectivity index (χ0v) is 9.16. The van der Waals surface area contributed by atoms with Crippen LogP contribution in [0.1, 0.15) is 37.0 Å². The third kappa shape index (κ3) is 2.31. The van der Waals surface area contributed by atoms with Crippen LogP contribution in [0.3, 0.4) is 0 Å². The Kier molecular flexibility index (Phi) is 3.23. The molecule has 0 saturated heterocycles. The summed E-state index contributed by atoms with van der Waals surface area (Å²) in [5.74, 6) is 0.0275. The maximum absolute atomic E-state index is 11.7. The van der Waals surface area contributed by atoms with Crippen molar-refractivity contribution in [3.8, 4) is 0 Å². The van der Waals surface area contributed by atoms with Gasteiger partial charge in [-0.05, 0) is 32.4 Å². The fourth-order valence-electron chi connectivity index (χ4n) is 1.27. The summed E-state index contributed by atoms with van der Waals surface area (Å²) in [7, 11) is 1.80. The molecule has 0 radical (unpaired) electrons. The number of allylic oxidation sites excluding steroid dienone is 2. The van der Waals surface area contributed by atoms with Crippen LogP contribution in [0.15, 0.2) is 17.7 Å². The maximum Gasteiger partial charge on any atom is 0.203 e. The van der Waals surface area contributed by atoms with Gasteiger partial charge in [0, 0.05) is 7.05 Å². The first-order chi connectivity index (χ1) is 6.54. The van der Waals surface area contributed by atoms with Gasteiger partial charge in [-0.25, -0.2) is 0 Å². The van der Waals surface area contributed by atoms with E-state index < -0.39 is 0 Å². The van der Waals surface area contributed by atoms with Crippen LogP contribution in [0.4, 0.5) is 0 Å². The van der Waals surface area contributed by atoms with Crippen molar-refractivity contribution in [1.29, 1.82) is 0 Å². The van der Waals surface area contributed by atoms with Crippen LogP contribution in [0.2, 0.25) is 0 Å². The Labute approximate surface area is 84.4 Å². The van der Waals surface area contributed by atoms with Crippen molar-refractivity contribution >= 4 is 5.78 Å². The summed E-state index contributed by atoms with van der Waals surface area (Å²) >= 11 is 0. The highest BCUT2D eigenvalue weighted by molar-refractivity contribution is 6.03. The molecule has 0 aliphatic rings. The first-order valence-electron chi connectivity index (χ1n) is 4.76. The van der Waals surface area contributed by atoms with E-state index in [0.29, 0.717) is 5.69 Å². The predicted molar refractivity (Wildman–Crippen MR) is 56.3 cm³/mol. The number of carbonyl (C=O) groups excluding carboxylic acids is 1. The van der Waals surface area contributed by atoms with E-state index in [1.807, 2.05) is 26.8 Å². The summed E-state index contributed by atoms with van der Waals surface area (Å²) in [5.41, 5.74) is 2.62. The van der Waals surface area contributed by atoms with Gasteiger partial charge < -0.3 is 0 Å². The SMILES string of the molecule is CCc1cc(C(=O)C=C(C)C)n(C)n1. The smallest absolute Gasteiger partial charge is 0.203 e. The summed E-state index contributed by atoms with van der Waals surface area (Å²) in [6, 6.07) is 1.85. The predicted octanol–water partition coefficient (Wildman–Crippen LogP) is 2.13. The molecule has 1 aromatic heterocycles. The van der Waals surface area contributed by atoms with E-state index in [-0.39, 0.29) is 5.78 Å². The number of nitrogens with zero attached hydrogens (tertiary/aromatic N) is 2. The van der Waals surface area contributed by atoms with Crippen LogP contribution in [0.25, 0.3) is 0 Å². The highest BCUT2D eigenvalue weighted by Crippen LogP contribution is 2.06. The van der Waals surface area contributed by atoms with Gasteiger partial charge in [-0.1, -0.05) is 12.5 Å². The molecule has 0 fully saturated rings. The molecule has 0 bridgehead atoms. The van der Waals surface area contributed by atoms with Crippen molar-refractivity contribution in [2.24, 2.45) is 7.05 Å². The molecule has 0 N–H and O–H groups in total. The van der Waals surface area contributed by atoms with Gasteiger partial charge in [0.1, 0.15) is 5.69 Å². The first-order valence-corrected chi connectivity index (χ1v) is 4.76. The summed E-state index contributed by atoms with van der Waals surface area (Å²) in [6.45, 7) is 5.85. The normalized spacial score (nSPS) is 10.0. The standard InChI is InChI=1S/C11H16N2O/c1-5-9-7-10(13(4)12-9)11(14)6-8(2)3/h6-7H,5H2,1-4H3. The van der Waals surface area contributed by atoms with Crippen molar-refractivity contribution in [3.63, 3.8) is 0 Å². The number of carbonyl (C=O) groups is 1. The number of hydrogen-bond donors (Lipinski definition) is 0. The van der Waals surface area contributed by atoms with Gasteiger partial charge in [-0.2, -0.15) is 5.10 Å². The highest BCUT2D eigenvalue weighted by Gasteiger charge is 2.09. The summed E-state index contributed by atoms with van der Waals surface area (Å²) in [6.07, 6.45) is 2.49. The van der Waals surface area contributed by atoms with E-state index in [4.69, 9.17) is 0 Å². The molecule has 1 rings (SSSR count). The molecular weight excluding hydrogens is 176 g/mol. The van der Waals surface area contributed by atoms with Gasteiger partial charge in [0.05, 0.1) is 5.69 Å². The molecule has 0 spiro atoms.